The van der Waals surface area contributed by atoms with E-state index in [1.165, 1.54) is 5.56 Å². The second kappa shape index (κ2) is 6.53. The monoisotopic (exact) mass is 254 g/mol. The fourth-order valence-electron chi connectivity index (χ4n) is 2.17. The van der Waals surface area contributed by atoms with E-state index in [9.17, 15) is 0 Å². The summed E-state index contributed by atoms with van der Waals surface area (Å²) in [5.74, 6) is 0. The summed E-state index contributed by atoms with van der Waals surface area (Å²) in [5, 5.41) is 7.91. The summed E-state index contributed by atoms with van der Waals surface area (Å²) in [6.07, 6.45) is 0. The summed E-state index contributed by atoms with van der Waals surface area (Å²) in [6, 6.07) is 2.75. The number of hydrogen-bond acceptors (Lipinski definition) is 3. The third kappa shape index (κ3) is 4.78. The van der Waals surface area contributed by atoms with Crippen molar-refractivity contribution in [2.75, 3.05) is 20.1 Å². The maximum absolute atomic E-state index is 3.53. The third-order valence-electron chi connectivity index (χ3n) is 3.39. The van der Waals surface area contributed by atoms with Crippen molar-refractivity contribution in [3.8, 4) is 0 Å². The van der Waals surface area contributed by atoms with Crippen LogP contribution in [0.15, 0.2) is 16.8 Å². The van der Waals surface area contributed by atoms with Crippen molar-refractivity contribution < 1.29 is 0 Å². The molecule has 1 N–H and O–H groups in total. The molecule has 3 heteroatoms. The molecule has 1 aromatic heterocycles. The van der Waals surface area contributed by atoms with Crippen molar-refractivity contribution in [1.29, 1.82) is 0 Å². The molecule has 0 radical (unpaired) electrons. The van der Waals surface area contributed by atoms with Crippen LogP contribution in [0.3, 0.4) is 0 Å². The molecule has 0 aliphatic heterocycles. The number of thiophene rings is 1. The Morgan fingerprint density at radius 2 is 2.18 bits per heavy atom. The van der Waals surface area contributed by atoms with Gasteiger partial charge in [-0.1, -0.05) is 20.8 Å². The molecule has 0 spiro atoms. The lowest BCUT2D eigenvalue weighted by Crippen LogP contribution is -2.45. The normalized spacial score (nSPS) is 14.2. The molecule has 98 valence electrons. The van der Waals surface area contributed by atoms with E-state index in [0.717, 1.165) is 19.6 Å². The van der Waals surface area contributed by atoms with Gasteiger partial charge in [-0.25, -0.2) is 0 Å². The maximum Gasteiger partial charge on any atom is 0.0239 e. The van der Waals surface area contributed by atoms with E-state index < -0.39 is 0 Å². The topological polar surface area (TPSA) is 15.3 Å². The lowest BCUT2D eigenvalue weighted by molar-refractivity contribution is 0.161. The summed E-state index contributed by atoms with van der Waals surface area (Å²) < 4.78 is 0. The molecule has 17 heavy (non-hydrogen) atoms. The van der Waals surface area contributed by atoms with Crippen LogP contribution in [0.25, 0.3) is 0 Å². The Morgan fingerprint density at radius 1 is 1.47 bits per heavy atom. The fraction of sp³-hybridized carbons (Fsp3) is 0.714. The molecule has 0 amide bonds. The standard InChI is InChI=1S/C14H26N2S/c1-6-15-12(2)14(3,4)11-16(5)9-13-7-8-17-10-13/h7-8,10,12,15H,6,9,11H2,1-5H3. The summed E-state index contributed by atoms with van der Waals surface area (Å²) >= 11 is 1.77. The van der Waals surface area contributed by atoms with Crippen LogP contribution in [-0.2, 0) is 6.54 Å². The molecule has 0 aliphatic rings. The smallest absolute Gasteiger partial charge is 0.0239 e. The van der Waals surface area contributed by atoms with E-state index in [-0.39, 0.29) is 0 Å². The van der Waals surface area contributed by atoms with Gasteiger partial charge in [0.25, 0.3) is 0 Å². The van der Waals surface area contributed by atoms with Gasteiger partial charge in [-0.2, -0.15) is 11.3 Å². The molecular formula is C14H26N2S. The number of nitrogens with one attached hydrogen (secondary N) is 1. The highest BCUT2D eigenvalue weighted by molar-refractivity contribution is 7.07. The zero-order valence-corrected chi connectivity index (χ0v) is 12.6. The Labute approximate surface area is 110 Å². The molecule has 0 aliphatic carbocycles. The lowest BCUT2D eigenvalue weighted by atomic mass is 9.84. The van der Waals surface area contributed by atoms with Gasteiger partial charge in [-0.05, 0) is 48.3 Å². The predicted octanol–water partition coefficient (Wildman–Crippen LogP) is 3.20. The number of nitrogens with zero attached hydrogens (tertiary/aromatic N) is 1. The van der Waals surface area contributed by atoms with Crippen LogP contribution >= 0.6 is 11.3 Å². The highest BCUT2D eigenvalue weighted by Gasteiger charge is 2.26. The molecule has 1 unspecified atom stereocenters. The van der Waals surface area contributed by atoms with E-state index in [0.29, 0.717) is 11.5 Å². The van der Waals surface area contributed by atoms with Crippen LogP contribution in [0.2, 0.25) is 0 Å². The minimum atomic E-state index is 0.292. The third-order valence-corrected chi connectivity index (χ3v) is 4.12. The van der Waals surface area contributed by atoms with E-state index in [4.69, 9.17) is 0 Å². The van der Waals surface area contributed by atoms with Gasteiger partial charge in [0, 0.05) is 19.1 Å². The summed E-state index contributed by atoms with van der Waals surface area (Å²) in [6.45, 7) is 12.3. The zero-order valence-electron chi connectivity index (χ0n) is 11.8. The average Bonchev–Trinajstić information content (AvgIpc) is 2.69. The van der Waals surface area contributed by atoms with Crippen molar-refractivity contribution in [3.63, 3.8) is 0 Å². The first-order valence-electron chi connectivity index (χ1n) is 6.38. The van der Waals surface area contributed by atoms with Gasteiger partial charge in [-0.15, -0.1) is 0 Å². The van der Waals surface area contributed by atoms with E-state index >= 15 is 0 Å². The highest BCUT2D eigenvalue weighted by Crippen LogP contribution is 2.22. The average molecular weight is 254 g/mol. The van der Waals surface area contributed by atoms with Crippen LogP contribution in [0.5, 0.6) is 0 Å². The Morgan fingerprint density at radius 3 is 2.71 bits per heavy atom. The first-order valence-corrected chi connectivity index (χ1v) is 7.33. The van der Waals surface area contributed by atoms with Gasteiger partial charge in [0.2, 0.25) is 0 Å². The van der Waals surface area contributed by atoms with Gasteiger partial charge >= 0.3 is 0 Å². The molecule has 0 bridgehead atoms. The van der Waals surface area contributed by atoms with E-state index in [1.54, 1.807) is 11.3 Å². The molecule has 2 nitrogen and oxygen atoms in total. The van der Waals surface area contributed by atoms with Gasteiger partial charge in [0.15, 0.2) is 0 Å². The molecule has 0 saturated heterocycles. The molecule has 1 aromatic rings. The van der Waals surface area contributed by atoms with Crippen LogP contribution in [0, 0.1) is 5.41 Å². The molecule has 1 heterocycles. The number of hydrogen-bond donors (Lipinski definition) is 1. The van der Waals surface area contributed by atoms with Gasteiger partial charge in [0.05, 0.1) is 0 Å². The first-order chi connectivity index (χ1) is 7.95. The highest BCUT2D eigenvalue weighted by atomic mass is 32.1. The van der Waals surface area contributed by atoms with Gasteiger partial charge in [0.1, 0.15) is 0 Å². The molecule has 0 aromatic carbocycles. The van der Waals surface area contributed by atoms with E-state index in [1.807, 2.05) is 0 Å². The summed E-state index contributed by atoms with van der Waals surface area (Å²) in [4.78, 5) is 2.41. The summed E-state index contributed by atoms with van der Waals surface area (Å²) in [7, 11) is 2.21. The van der Waals surface area contributed by atoms with Crippen molar-refractivity contribution >= 4 is 11.3 Å². The molecule has 0 fully saturated rings. The quantitative estimate of drug-likeness (QED) is 0.804. The fourth-order valence-corrected chi connectivity index (χ4v) is 2.83. The molecular weight excluding hydrogens is 228 g/mol. The van der Waals surface area contributed by atoms with Crippen LogP contribution in [-0.4, -0.2) is 31.1 Å². The minimum Gasteiger partial charge on any atom is -0.314 e. The largest absolute Gasteiger partial charge is 0.314 e. The Balaban J connectivity index is 2.46. The Bertz CT molecular complexity index is 306. The zero-order chi connectivity index (χ0) is 12.9. The SMILES string of the molecule is CCNC(C)C(C)(C)CN(C)Cc1ccsc1. The Hall–Kier alpha value is -0.380. The molecule has 1 atom stereocenters. The number of rotatable bonds is 7. The first kappa shape index (κ1) is 14.7. The van der Waals surface area contributed by atoms with E-state index in [2.05, 4.69) is 61.8 Å². The van der Waals surface area contributed by atoms with Crippen LogP contribution < -0.4 is 5.32 Å². The molecule has 0 saturated carbocycles. The van der Waals surface area contributed by atoms with Crippen molar-refractivity contribution in [2.24, 2.45) is 5.41 Å². The minimum absolute atomic E-state index is 0.292. The molecule has 1 rings (SSSR count). The van der Waals surface area contributed by atoms with Crippen molar-refractivity contribution in [3.05, 3.63) is 22.4 Å². The predicted molar refractivity (Wildman–Crippen MR) is 77.6 cm³/mol. The van der Waals surface area contributed by atoms with Gasteiger partial charge < -0.3 is 10.2 Å². The van der Waals surface area contributed by atoms with Crippen LogP contribution in [0.4, 0.5) is 0 Å². The lowest BCUT2D eigenvalue weighted by Gasteiger charge is -2.36. The summed E-state index contributed by atoms with van der Waals surface area (Å²) in [5.41, 5.74) is 1.71. The Kier molecular flexibility index (Phi) is 5.63. The maximum atomic E-state index is 3.53. The second-order valence-electron chi connectivity index (χ2n) is 5.57. The van der Waals surface area contributed by atoms with Crippen molar-refractivity contribution in [1.82, 2.24) is 10.2 Å². The van der Waals surface area contributed by atoms with Gasteiger partial charge in [-0.3, -0.25) is 0 Å². The van der Waals surface area contributed by atoms with Crippen LogP contribution in [0.1, 0.15) is 33.3 Å². The van der Waals surface area contributed by atoms with Crippen molar-refractivity contribution in [2.45, 2.75) is 40.3 Å². The second-order valence-corrected chi connectivity index (χ2v) is 6.35.